The van der Waals surface area contributed by atoms with Gasteiger partial charge < -0.3 is 14.8 Å². The Morgan fingerprint density at radius 3 is 2.27 bits per heavy atom. The molecule has 3 rings (SSSR count). The molecule has 2 aromatic carbocycles. The summed E-state index contributed by atoms with van der Waals surface area (Å²) in [6.07, 6.45) is 0.195. The number of carbonyl (C=O) groups is 2. The van der Waals surface area contributed by atoms with Gasteiger partial charge in [0.25, 0.3) is 0 Å². The monoisotopic (exact) mass is 405 g/mol. The molecule has 0 bridgehead atoms. The maximum atomic E-state index is 12.3. The summed E-state index contributed by atoms with van der Waals surface area (Å²) in [5, 5.41) is 2.78. The summed E-state index contributed by atoms with van der Waals surface area (Å²) in [5.41, 5.74) is 2.73. The topological polar surface area (TPSA) is 90.4 Å². The zero-order valence-electron chi connectivity index (χ0n) is 17.1. The number of hydrogen-bond acceptors (Lipinski definition) is 6. The van der Waals surface area contributed by atoms with Crippen molar-refractivity contribution in [2.75, 3.05) is 12.4 Å². The number of rotatable bonds is 8. The minimum absolute atomic E-state index is 0.0795. The van der Waals surface area contributed by atoms with E-state index in [2.05, 4.69) is 15.3 Å². The molecule has 0 aliphatic carbocycles. The second kappa shape index (κ2) is 9.65. The molecule has 1 aromatic heterocycles. The van der Waals surface area contributed by atoms with E-state index in [0.717, 1.165) is 11.4 Å². The van der Waals surface area contributed by atoms with Crippen LogP contribution in [0.2, 0.25) is 0 Å². The third-order valence-electron chi connectivity index (χ3n) is 4.28. The number of benzene rings is 2. The van der Waals surface area contributed by atoms with E-state index in [1.807, 2.05) is 19.9 Å². The molecule has 0 radical (unpaired) electrons. The van der Waals surface area contributed by atoms with Gasteiger partial charge in [0, 0.05) is 41.5 Å². The van der Waals surface area contributed by atoms with Crippen molar-refractivity contribution >= 4 is 17.4 Å². The summed E-state index contributed by atoms with van der Waals surface area (Å²) >= 11 is 0. The fourth-order valence-corrected chi connectivity index (χ4v) is 2.85. The molecule has 0 unspecified atom stereocenters. The number of carbonyl (C=O) groups excluding carboxylic acids is 2. The number of hydrogen-bond donors (Lipinski definition) is 1. The molecule has 1 heterocycles. The van der Waals surface area contributed by atoms with Crippen LogP contribution in [0.4, 0.5) is 5.69 Å². The Balaban J connectivity index is 1.56. The number of amides is 1. The fourth-order valence-electron chi connectivity index (χ4n) is 2.85. The molecule has 7 heteroatoms. The van der Waals surface area contributed by atoms with Crippen LogP contribution in [0.3, 0.4) is 0 Å². The van der Waals surface area contributed by atoms with Gasteiger partial charge in [0.2, 0.25) is 5.91 Å². The number of Topliss-reactive ketones (excluding diaryl/α,β-unsaturated/α-hetero) is 1. The third-order valence-corrected chi connectivity index (χ3v) is 4.28. The van der Waals surface area contributed by atoms with Crippen LogP contribution in [0.15, 0.2) is 54.6 Å². The highest BCUT2D eigenvalue weighted by atomic mass is 16.5. The number of nitrogens with zero attached hydrogens (tertiary/aromatic N) is 2. The average molecular weight is 405 g/mol. The van der Waals surface area contributed by atoms with Gasteiger partial charge in [0.1, 0.15) is 11.5 Å². The van der Waals surface area contributed by atoms with E-state index >= 15 is 0 Å². The lowest BCUT2D eigenvalue weighted by Gasteiger charge is -2.09. The summed E-state index contributed by atoms with van der Waals surface area (Å²) < 4.78 is 10.8. The first-order valence-electron chi connectivity index (χ1n) is 9.50. The molecule has 7 nitrogen and oxygen atoms in total. The number of ether oxygens (including phenoxy) is 2. The molecule has 154 valence electrons. The lowest BCUT2D eigenvalue weighted by molar-refractivity contribution is -0.116. The van der Waals surface area contributed by atoms with Crippen LogP contribution < -0.4 is 14.8 Å². The van der Waals surface area contributed by atoms with E-state index in [-0.39, 0.29) is 30.5 Å². The lowest BCUT2D eigenvalue weighted by atomic mass is 10.1. The van der Waals surface area contributed by atoms with Crippen LogP contribution in [-0.2, 0) is 4.79 Å². The number of ketones is 1. The van der Waals surface area contributed by atoms with E-state index in [0.29, 0.717) is 22.7 Å². The highest BCUT2D eigenvalue weighted by Gasteiger charge is 2.11. The summed E-state index contributed by atoms with van der Waals surface area (Å²) in [7, 11) is 1.57. The van der Waals surface area contributed by atoms with Crippen LogP contribution in [0.1, 0.15) is 34.6 Å². The van der Waals surface area contributed by atoms with Crippen molar-refractivity contribution in [3.63, 3.8) is 0 Å². The maximum Gasteiger partial charge on any atom is 0.322 e. The first kappa shape index (κ1) is 21.0. The first-order chi connectivity index (χ1) is 14.4. The number of aryl methyl sites for hydroxylation is 2. The summed E-state index contributed by atoms with van der Waals surface area (Å²) in [6.45, 7) is 3.73. The predicted octanol–water partition coefficient (Wildman–Crippen LogP) is 4.50. The van der Waals surface area contributed by atoms with E-state index < -0.39 is 0 Å². The Bertz CT molecular complexity index is 1030. The predicted molar refractivity (Wildman–Crippen MR) is 113 cm³/mol. The normalized spacial score (nSPS) is 10.4. The number of aromatic nitrogens is 2. The number of nitrogens with one attached hydrogen (secondary N) is 1. The van der Waals surface area contributed by atoms with Crippen LogP contribution in [-0.4, -0.2) is 28.8 Å². The molecule has 1 N–H and O–H groups in total. The average Bonchev–Trinajstić information content (AvgIpc) is 2.71. The largest absolute Gasteiger partial charge is 0.497 e. The number of anilines is 1. The molecule has 0 atom stereocenters. The van der Waals surface area contributed by atoms with Gasteiger partial charge in [-0.3, -0.25) is 9.59 Å². The second-order valence-electron chi connectivity index (χ2n) is 6.76. The minimum Gasteiger partial charge on any atom is -0.497 e. The lowest BCUT2D eigenvalue weighted by Crippen LogP contribution is -2.13. The van der Waals surface area contributed by atoms with Gasteiger partial charge in [-0.05, 0) is 56.3 Å². The minimum atomic E-state index is -0.253. The van der Waals surface area contributed by atoms with Gasteiger partial charge in [-0.15, -0.1) is 0 Å². The van der Waals surface area contributed by atoms with Crippen LogP contribution in [0.5, 0.6) is 17.5 Å². The van der Waals surface area contributed by atoms with Crippen molar-refractivity contribution in [1.82, 2.24) is 9.97 Å². The first-order valence-corrected chi connectivity index (χ1v) is 9.50. The highest BCUT2D eigenvalue weighted by molar-refractivity contribution is 6.00. The zero-order chi connectivity index (χ0) is 21.5. The molecule has 1 amide bonds. The smallest absolute Gasteiger partial charge is 0.322 e. The van der Waals surface area contributed by atoms with E-state index in [4.69, 9.17) is 9.47 Å². The molecule has 3 aromatic rings. The van der Waals surface area contributed by atoms with Crippen LogP contribution in [0, 0.1) is 13.8 Å². The molecule has 0 fully saturated rings. The summed E-state index contributed by atoms with van der Waals surface area (Å²) in [6, 6.07) is 15.9. The summed E-state index contributed by atoms with van der Waals surface area (Å²) in [4.78, 5) is 33.0. The van der Waals surface area contributed by atoms with Gasteiger partial charge in [0.05, 0.1) is 7.11 Å². The molecule has 0 aliphatic heterocycles. The molecule has 0 saturated carbocycles. The van der Waals surface area contributed by atoms with Crippen molar-refractivity contribution in [3.8, 4) is 17.5 Å². The zero-order valence-corrected chi connectivity index (χ0v) is 17.1. The Morgan fingerprint density at radius 1 is 0.900 bits per heavy atom. The molecule has 0 spiro atoms. The van der Waals surface area contributed by atoms with Gasteiger partial charge in [0.15, 0.2) is 5.78 Å². The molecular weight excluding hydrogens is 382 g/mol. The van der Waals surface area contributed by atoms with E-state index in [1.54, 1.807) is 55.6 Å². The van der Waals surface area contributed by atoms with Gasteiger partial charge >= 0.3 is 6.01 Å². The van der Waals surface area contributed by atoms with Gasteiger partial charge in [-0.1, -0.05) is 6.07 Å². The van der Waals surface area contributed by atoms with Crippen molar-refractivity contribution in [2.24, 2.45) is 0 Å². The van der Waals surface area contributed by atoms with Crippen LogP contribution in [0.25, 0.3) is 0 Å². The quantitative estimate of drug-likeness (QED) is 0.555. The van der Waals surface area contributed by atoms with Crippen molar-refractivity contribution in [3.05, 3.63) is 71.5 Å². The summed E-state index contributed by atoms with van der Waals surface area (Å²) in [5.74, 6) is 0.832. The Kier molecular flexibility index (Phi) is 6.75. The van der Waals surface area contributed by atoms with E-state index in [1.165, 1.54) is 0 Å². The van der Waals surface area contributed by atoms with Crippen molar-refractivity contribution in [1.29, 1.82) is 0 Å². The van der Waals surface area contributed by atoms with Crippen molar-refractivity contribution in [2.45, 2.75) is 26.7 Å². The third kappa shape index (κ3) is 5.88. The maximum absolute atomic E-state index is 12.3. The molecule has 0 aliphatic rings. The van der Waals surface area contributed by atoms with E-state index in [9.17, 15) is 9.59 Å². The Labute approximate surface area is 175 Å². The van der Waals surface area contributed by atoms with Gasteiger partial charge in [-0.2, -0.15) is 0 Å². The van der Waals surface area contributed by atoms with Crippen LogP contribution >= 0.6 is 0 Å². The molecular formula is C23H23N3O4. The SMILES string of the molecule is COc1ccc(C(=O)CCC(=O)Nc2cccc(Oc3nc(C)cc(C)n3)c2)cc1. The molecule has 30 heavy (non-hydrogen) atoms. The standard InChI is InChI=1S/C23H23N3O4/c1-15-13-16(2)25-23(24-15)30-20-6-4-5-18(14-20)26-22(28)12-11-21(27)17-7-9-19(29-3)10-8-17/h4-10,13-14H,11-12H2,1-3H3,(H,26,28). The fraction of sp³-hybridized carbons (Fsp3) is 0.217. The molecule has 0 saturated heterocycles. The number of methoxy groups -OCH3 is 1. The van der Waals surface area contributed by atoms with Crippen molar-refractivity contribution < 1.29 is 19.1 Å². The highest BCUT2D eigenvalue weighted by Crippen LogP contribution is 2.22. The second-order valence-corrected chi connectivity index (χ2v) is 6.76. The Hall–Kier alpha value is -3.74. The Morgan fingerprint density at radius 2 is 1.60 bits per heavy atom. The van der Waals surface area contributed by atoms with Gasteiger partial charge in [-0.25, -0.2) is 9.97 Å².